The van der Waals surface area contributed by atoms with Gasteiger partial charge < -0.3 is 0 Å². The number of benzene rings is 3. The van der Waals surface area contributed by atoms with Crippen LogP contribution >= 0.6 is 0 Å². The van der Waals surface area contributed by atoms with Crippen molar-refractivity contribution >= 4 is 16.8 Å². The maximum Gasteiger partial charge on any atom is 0.245 e. The predicted octanol–water partition coefficient (Wildman–Crippen LogP) is 3.86. The Labute approximate surface area is 146 Å². The Bertz CT molecular complexity index is 1000. The van der Waals surface area contributed by atoms with Crippen molar-refractivity contribution in [2.45, 2.75) is 13.1 Å². The van der Waals surface area contributed by atoms with E-state index in [1.54, 1.807) is 0 Å². The van der Waals surface area contributed by atoms with Crippen molar-refractivity contribution in [1.82, 2.24) is 4.57 Å². The maximum absolute atomic E-state index is 12.6. The molecule has 1 aromatic heterocycles. The van der Waals surface area contributed by atoms with Crippen LogP contribution in [-0.2, 0) is 13.1 Å². The molecule has 122 valence electrons. The molecule has 0 aliphatic heterocycles. The summed E-state index contributed by atoms with van der Waals surface area (Å²) in [6.45, 7) is 1.13. The van der Waals surface area contributed by atoms with Crippen LogP contribution in [0.5, 0.6) is 0 Å². The van der Waals surface area contributed by atoms with Gasteiger partial charge in [0.1, 0.15) is 6.54 Å². The van der Waals surface area contributed by atoms with E-state index < -0.39 is 0 Å². The van der Waals surface area contributed by atoms with Gasteiger partial charge >= 0.3 is 0 Å². The fourth-order valence-corrected chi connectivity index (χ4v) is 3.14. The van der Waals surface area contributed by atoms with Gasteiger partial charge in [-0.1, -0.05) is 72.8 Å². The number of fused-ring (bicyclic) bond motifs is 1. The Morgan fingerprint density at radius 3 is 2.20 bits per heavy atom. The first-order valence-corrected chi connectivity index (χ1v) is 8.41. The Morgan fingerprint density at radius 2 is 1.44 bits per heavy atom. The minimum atomic E-state index is 0.119. The Morgan fingerprint density at radius 1 is 0.800 bits per heavy atom. The molecule has 0 amide bonds. The molecule has 3 heteroatoms. The SMILES string of the molecule is O=C(Cn1c[n+](Cc2ccccc2)c2ccccc21)c1ccccc1. The van der Waals surface area contributed by atoms with E-state index in [0.717, 1.165) is 23.1 Å². The van der Waals surface area contributed by atoms with E-state index in [4.69, 9.17) is 0 Å². The molecular formula is C22H19N2O+. The second kappa shape index (κ2) is 6.73. The topological polar surface area (TPSA) is 25.9 Å². The largest absolute Gasteiger partial charge is 0.290 e. The summed E-state index contributed by atoms with van der Waals surface area (Å²) in [5.74, 6) is 0.119. The first kappa shape index (κ1) is 15.3. The fourth-order valence-electron chi connectivity index (χ4n) is 3.14. The van der Waals surface area contributed by atoms with Gasteiger partial charge in [0.25, 0.3) is 0 Å². The summed E-state index contributed by atoms with van der Waals surface area (Å²) in [4.78, 5) is 12.6. The molecule has 0 fully saturated rings. The number of imidazole rings is 1. The molecule has 25 heavy (non-hydrogen) atoms. The minimum Gasteiger partial charge on any atom is -0.290 e. The van der Waals surface area contributed by atoms with Crippen molar-refractivity contribution in [1.29, 1.82) is 0 Å². The van der Waals surface area contributed by atoms with E-state index in [2.05, 4.69) is 28.8 Å². The fraction of sp³-hybridized carbons (Fsp3) is 0.0909. The number of hydrogen-bond donors (Lipinski definition) is 0. The highest BCUT2D eigenvalue weighted by molar-refractivity contribution is 5.96. The molecule has 0 unspecified atom stereocenters. The van der Waals surface area contributed by atoms with Crippen molar-refractivity contribution < 1.29 is 9.36 Å². The van der Waals surface area contributed by atoms with Crippen LogP contribution in [0.3, 0.4) is 0 Å². The zero-order valence-corrected chi connectivity index (χ0v) is 13.9. The summed E-state index contributed by atoms with van der Waals surface area (Å²) in [6.07, 6.45) is 2.04. The number of carbonyl (C=O) groups is 1. The van der Waals surface area contributed by atoms with Crippen LogP contribution in [-0.4, -0.2) is 10.4 Å². The lowest BCUT2D eigenvalue weighted by molar-refractivity contribution is -0.663. The second-order valence-corrected chi connectivity index (χ2v) is 6.13. The van der Waals surface area contributed by atoms with Gasteiger partial charge in [0.2, 0.25) is 12.1 Å². The summed E-state index contributed by atoms with van der Waals surface area (Å²) in [5, 5.41) is 0. The molecule has 4 aromatic rings. The summed E-state index contributed by atoms with van der Waals surface area (Å²) in [5.41, 5.74) is 4.19. The van der Waals surface area contributed by atoms with Gasteiger partial charge in [-0.25, -0.2) is 9.13 Å². The van der Waals surface area contributed by atoms with Gasteiger partial charge in [0.05, 0.1) is 0 Å². The van der Waals surface area contributed by atoms with Crippen LogP contribution in [0.1, 0.15) is 15.9 Å². The van der Waals surface area contributed by atoms with Crippen molar-refractivity contribution in [3.8, 4) is 0 Å². The molecule has 0 saturated heterocycles. The number of aromatic nitrogens is 2. The minimum absolute atomic E-state index is 0.119. The number of Topliss-reactive ketones (excluding diaryl/α,β-unsaturated/α-hetero) is 1. The smallest absolute Gasteiger partial charge is 0.245 e. The molecule has 0 aliphatic carbocycles. The molecule has 1 heterocycles. The zero-order chi connectivity index (χ0) is 17.1. The maximum atomic E-state index is 12.6. The Hall–Kier alpha value is -3.20. The molecule has 3 aromatic carbocycles. The van der Waals surface area contributed by atoms with Gasteiger partial charge in [-0.3, -0.25) is 4.79 Å². The lowest BCUT2D eigenvalue weighted by atomic mass is 10.1. The Kier molecular flexibility index (Phi) is 4.13. The number of ketones is 1. The highest BCUT2D eigenvalue weighted by Gasteiger charge is 2.18. The average Bonchev–Trinajstić information content (AvgIpc) is 3.01. The van der Waals surface area contributed by atoms with Crippen LogP contribution < -0.4 is 4.57 Å². The quantitative estimate of drug-likeness (QED) is 0.404. The van der Waals surface area contributed by atoms with Crippen molar-refractivity contribution in [2.24, 2.45) is 0 Å². The van der Waals surface area contributed by atoms with Gasteiger partial charge in [0, 0.05) is 5.56 Å². The molecule has 4 rings (SSSR count). The zero-order valence-electron chi connectivity index (χ0n) is 13.9. The van der Waals surface area contributed by atoms with Crippen LogP contribution in [0.15, 0.2) is 91.3 Å². The number of carbonyl (C=O) groups excluding carboxylic acids is 1. The van der Waals surface area contributed by atoms with E-state index in [1.165, 1.54) is 5.56 Å². The van der Waals surface area contributed by atoms with Gasteiger partial charge in [-0.15, -0.1) is 0 Å². The van der Waals surface area contributed by atoms with E-state index in [0.29, 0.717) is 6.54 Å². The molecule has 0 spiro atoms. The average molecular weight is 327 g/mol. The summed E-state index contributed by atoms with van der Waals surface area (Å²) in [7, 11) is 0. The summed E-state index contributed by atoms with van der Waals surface area (Å²) >= 11 is 0. The van der Waals surface area contributed by atoms with Crippen LogP contribution in [0, 0.1) is 0 Å². The third kappa shape index (κ3) is 3.22. The molecule has 0 atom stereocenters. The number of nitrogens with zero attached hydrogens (tertiary/aromatic N) is 2. The van der Waals surface area contributed by atoms with Gasteiger partial charge in [0.15, 0.2) is 17.6 Å². The lowest BCUT2D eigenvalue weighted by Gasteiger charge is -1.99. The third-order valence-corrected chi connectivity index (χ3v) is 4.38. The monoisotopic (exact) mass is 327 g/mol. The summed E-state index contributed by atoms with van der Waals surface area (Å²) in [6, 6.07) is 28.0. The number of hydrogen-bond acceptors (Lipinski definition) is 1. The molecular weight excluding hydrogens is 308 g/mol. The molecule has 0 aliphatic rings. The van der Waals surface area contributed by atoms with Crippen LogP contribution in [0.25, 0.3) is 11.0 Å². The molecule has 0 radical (unpaired) electrons. The number of rotatable bonds is 5. The van der Waals surface area contributed by atoms with E-state index in [9.17, 15) is 4.79 Å². The molecule has 3 nitrogen and oxygen atoms in total. The molecule has 0 N–H and O–H groups in total. The Balaban J connectivity index is 1.69. The van der Waals surface area contributed by atoms with Crippen molar-refractivity contribution in [3.63, 3.8) is 0 Å². The highest BCUT2D eigenvalue weighted by Crippen LogP contribution is 2.13. The predicted molar refractivity (Wildman–Crippen MR) is 98.4 cm³/mol. The number of para-hydroxylation sites is 2. The van der Waals surface area contributed by atoms with E-state index in [1.807, 2.05) is 71.6 Å². The normalized spacial score (nSPS) is 10.9. The standard InChI is InChI=1S/C22H19N2O/c25-22(19-11-5-2-6-12-19)16-24-17-23(15-18-9-3-1-4-10-18)20-13-7-8-14-21(20)24/h1-14,17H,15-16H2/q+1. The van der Waals surface area contributed by atoms with Crippen molar-refractivity contribution in [3.05, 3.63) is 102 Å². The first-order chi connectivity index (χ1) is 12.3. The van der Waals surface area contributed by atoms with Crippen LogP contribution in [0.2, 0.25) is 0 Å². The van der Waals surface area contributed by atoms with Gasteiger partial charge in [-0.05, 0) is 17.7 Å². The molecule has 0 saturated carbocycles. The lowest BCUT2D eigenvalue weighted by Crippen LogP contribution is -2.33. The highest BCUT2D eigenvalue weighted by atomic mass is 16.1. The van der Waals surface area contributed by atoms with Gasteiger partial charge in [-0.2, -0.15) is 0 Å². The van der Waals surface area contributed by atoms with E-state index in [-0.39, 0.29) is 5.78 Å². The molecule has 0 bridgehead atoms. The first-order valence-electron chi connectivity index (χ1n) is 8.41. The second-order valence-electron chi connectivity index (χ2n) is 6.13. The summed E-state index contributed by atoms with van der Waals surface area (Å²) < 4.78 is 4.23. The third-order valence-electron chi connectivity index (χ3n) is 4.38. The van der Waals surface area contributed by atoms with E-state index >= 15 is 0 Å². The van der Waals surface area contributed by atoms with Crippen molar-refractivity contribution in [2.75, 3.05) is 0 Å². The van der Waals surface area contributed by atoms with Crippen LogP contribution in [0.4, 0.5) is 0 Å².